The molecule has 3 aliphatic rings. The van der Waals surface area contributed by atoms with Crippen molar-refractivity contribution in [3.8, 4) is 0 Å². The maximum absolute atomic E-state index is 13.1. The molecule has 2 aliphatic heterocycles. The number of rotatable bonds is 3. The van der Waals surface area contributed by atoms with Gasteiger partial charge in [0.05, 0.1) is 11.6 Å². The number of amides is 1. The lowest BCUT2D eigenvalue weighted by molar-refractivity contribution is -0.125. The van der Waals surface area contributed by atoms with Crippen LogP contribution in [0.25, 0.3) is 0 Å². The molecule has 0 radical (unpaired) electrons. The SMILES string of the molecule is CN1C(=O)C(C)(C)CN(C2CCCC2)c2nc(Nc3ccc4c(c3)CC(O)N4C)ncc21. The molecule has 8 heteroatoms. The van der Waals surface area contributed by atoms with E-state index in [-0.39, 0.29) is 5.91 Å². The van der Waals surface area contributed by atoms with Crippen molar-refractivity contribution >= 4 is 34.7 Å². The number of nitrogens with one attached hydrogen (secondary N) is 1. The van der Waals surface area contributed by atoms with Crippen molar-refractivity contribution in [2.24, 2.45) is 5.41 Å². The highest BCUT2D eigenvalue weighted by Gasteiger charge is 2.41. The Morgan fingerprint density at radius 1 is 1.16 bits per heavy atom. The summed E-state index contributed by atoms with van der Waals surface area (Å²) >= 11 is 0. The molecular formula is C24H32N6O2. The Labute approximate surface area is 189 Å². The first-order valence-electron chi connectivity index (χ1n) is 11.5. The summed E-state index contributed by atoms with van der Waals surface area (Å²) in [7, 11) is 3.72. The standard InChI is InChI=1S/C24H32N6O2/c1-24(2)14-30(17-7-5-6-8-17)21-19(29(4)22(24)32)13-25-23(27-21)26-16-9-10-18-15(11-16)12-20(31)28(18)3/h9-11,13,17,20,31H,5-8,12,14H2,1-4H3,(H,25,26,27). The molecule has 1 aromatic heterocycles. The second kappa shape index (κ2) is 7.62. The van der Waals surface area contributed by atoms with Gasteiger partial charge >= 0.3 is 0 Å². The monoisotopic (exact) mass is 436 g/mol. The van der Waals surface area contributed by atoms with Gasteiger partial charge in [-0.3, -0.25) is 4.79 Å². The minimum Gasteiger partial charge on any atom is -0.373 e. The third-order valence-electron chi connectivity index (χ3n) is 7.16. The van der Waals surface area contributed by atoms with Crippen LogP contribution < -0.4 is 20.0 Å². The summed E-state index contributed by atoms with van der Waals surface area (Å²) < 4.78 is 0. The second-order valence-corrected chi connectivity index (χ2v) is 9.98. The van der Waals surface area contributed by atoms with Gasteiger partial charge in [0.2, 0.25) is 11.9 Å². The molecule has 1 aliphatic carbocycles. The van der Waals surface area contributed by atoms with Crippen molar-refractivity contribution in [3.05, 3.63) is 30.0 Å². The summed E-state index contributed by atoms with van der Waals surface area (Å²) in [5, 5.41) is 13.5. The Balaban J connectivity index is 1.50. The number of aliphatic hydroxyl groups excluding tert-OH is 1. The number of likely N-dealkylation sites (N-methyl/N-ethyl adjacent to an activating group) is 1. The number of nitrogens with zero attached hydrogens (tertiary/aromatic N) is 5. The van der Waals surface area contributed by atoms with Gasteiger partial charge in [-0.1, -0.05) is 12.8 Å². The Kier molecular flexibility index (Phi) is 5.00. The molecule has 1 saturated carbocycles. The van der Waals surface area contributed by atoms with Crippen LogP contribution in [0, 0.1) is 5.41 Å². The van der Waals surface area contributed by atoms with Crippen LogP contribution in [0.1, 0.15) is 45.1 Å². The normalized spacial score (nSPS) is 22.7. The van der Waals surface area contributed by atoms with Crippen LogP contribution >= 0.6 is 0 Å². The zero-order valence-corrected chi connectivity index (χ0v) is 19.3. The van der Waals surface area contributed by atoms with Crippen molar-refractivity contribution in [3.63, 3.8) is 0 Å². The maximum atomic E-state index is 13.1. The average molecular weight is 437 g/mol. The molecule has 8 nitrogen and oxygen atoms in total. The number of benzene rings is 1. The van der Waals surface area contributed by atoms with Crippen molar-refractivity contribution in [1.82, 2.24) is 9.97 Å². The van der Waals surface area contributed by atoms with Crippen LogP contribution in [0.2, 0.25) is 0 Å². The first-order chi connectivity index (χ1) is 15.2. The first-order valence-corrected chi connectivity index (χ1v) is 11.5. The minimum absolute atomic E-state index is 0.0878. The fourth-order valence-corrected chi connectivity index (χ4v) is 5.32. The van der Waals surface area contributed by atoms with Crippen molar-refractivity contribution in [2.45, 2.75) is 58.2 Å². The van der Waals surface area contributed by atoms with Gasteiger partial charge in [0.1, 0.15) is 11.9 Å². The molecule has 1 fully saturated rings. The van der Waals surface area contributed by atoms with Gasteiger partial charge in [0, 0.05) is 44.5 Å². The third kappa shape index (κ3) is 3.46. The predicted molar refractivity (Wildman–Crippen MR) is 127 cm³/mol. The van der Waals surface area contributed by atoms with E-state index in [0.717, 1.165) is 41.3 Å². The highest BCUT2D eigenvalue weighted by Crippen LogP contribution is 2.40. The predicted octanol–water partition coefficient (Wildman–Crippen LogP) is 3.28. The quantitative estimate of drug-likeness (QED) is 0.764. The molecule has 0 saturated heterocycles. The molecule has 3 heterocycles. The van der Waals surface area contributed by atoms with Gasteiger partial charge in [-0.15, -0.1) is 0 Å². The Bertz CT molecular complexity index is 1050. The largest absolute Gasteiger partial charge is 0.373 e. The highest BCUT2D eigenvalue weighted by molar-refractivity contribution is 6.00. The molecule has 170 valence electrons. The highest BCUT2D eigenvalue weighted by atomic mass is 16.3. The fraction of sp³-hybridized carbons (Fsp3) is 0.542. The molecule has 0 bridgehead atoms. The zero-order chi connectivity index (χ0) is 22.6. The second-order valence-electron chi connectivity index (χ2n) is 9.98. The van der Waals surface area contributed by atoms with Crippen molar-refractivity contribution in [2.75, 3.05) is 40.7 Å². The summed E-state index contributed by atoms with van der Waals surface area (Å²) in [6.07, 6.45) is 6.56. The summed E-state index contributed by atoms with van der Waals surface area (Å²) in [6, 6.07) is 6.43. The lowest BCUT2D eigenvalue weighted by atomic mass is 9.91. The smallest absolute Gasteiger partial charge is 0.234 e. The van der Waals surface area contributed by atoms with Gasteiger partial charge in [-0.25, -0.2) is 4.98 Å². The number of anilines is 5. The molecule has 1 atom stereocenters. The van der Waals surface area contributed by atoms with Crippen LogP contribution in [-0.2, 0) is 11.2 Å². The number of hydrogen-bond donors (Lipinski definition) is 2. The van der Waals surface area contributed by atoms with Gasteiger partial charge in [-0.05, 0) is 50.5 Å². The summed E-state index contributed by atoms with van der Waals surface area (Å²) in [6.45, 7) is 4.68. The Hall–Kier alpha value is -2.87. The average Bonchev–Trinajstić information content (AvgIpc) is 3.38. The van der Waals surface area contributed by atoms with E-state index in [1.807, 2.05) is 51.0 Å². The molecule has 32 heavy (non-hydrogen) atoms. The molecule has 0 spiro atoms. The van der Waals surface area contributed by atoms with E-state index in [4.69, 9.17) is 4.98 Å². The van der Waals surface area contributed by atoms with Crippen LogP contribution in [0.4, 0.5) is 28.8 Å². The Morgan fingerprint density at radius 3 is 2.66 bits per heavy atom. The van der Waals surface area contributed by atoms with Crippen molar-refractivity contribution in [1.29, 1.82) is 0 Å². The van der Waals surface area contributed by atoms with E-state index in [9.17, 15) is 9.90 Å². The number of carbonyl (C=O) groups excluding carboxylic acids is 1. The molecule has 1 unspecified atom stereocenters. The van der Waals surface area contributed by atoms with Gasteiger partial charge in [0.15, 0.2) is 5.82 Å². The van der Waals surface area contributed by atoms with Gasteiger partial charge < -0.3 is 25.1 Å². The van der Waals surface area contributed by atoms with Crippen molar-refractivity contribution < 1.29 is 9.90 Å². The fourth-order valence-electron chi connectivity index (χ4n) is 5.32. The van der Waals surface area contributed by atoms with Crippen LogP contribution in [0.3, 0.4) is 0 Å². The molecule has 2 aromatic rings. The molecule has 5 rings (SSSR count). The summed E-state index contributed by atoms with van der Waals surface area (Å²) in [4.78, 5) is 28.5. The molecular weight excluding hydrogens is 404 g/mol. The van der Waals surface area contributed by atoms with Crippen LogP contribution in [-0.4, -0.2) is 53.9 Å². The number of aliphatic hydroxyl groups is 1. The summed E-state index contributed by atoms with van der Waals surface area (Å²) in [5.41, 5.74) is 3.28. The molecule has 2 N–H and O–H groups in total. The van der Waals surface area contributed by atoms with E-state index < -0.39 is 11.6 Å². The molecule has 1 amide bonds. The van der Waals surface area contributed by atoms with Crippen LogP contribution in [0.15, 0.2) is 24.4 Å². The number of fused-ring (bicyclic) bond motifs is 2. The number of carbonyl (C=O) groups is 1. The molecule has 1 aromatic carbocycles. The minimum atomic E-state index is -0.502. The first kappa shape index (κ1) is 21.0. The lowest BCUT2D eigenvalue weighted by Crippen LogP contribution is -2.45. The number of hydrogen-bond acceptors (Lipinski definition) is 7. The van der Waals surface area contributed by atoms with E-state index in [1.54, 1.807) is 11.1 Å². The number of aromatic nitrogens is 2. The van der Waals surface area contributed by atoms with E-state index in [1.165, 1.54) is 12.8 Å². The van der Waals surface area contributed by atoms with E-state index in [2.05, 4.69) is 15.2 Å². The van der Waals surface area contributed by atoms with Crippen LogP contribution in [0.5, 0.6) is 0 Å². The zero-order valence-electron chi connectivity index (χ0n) is 19.3. The maximum Gasteiger partial charge on any atom is 0.234 e. The third-order valence-corrected chi connectivity index (χ3v) is 7.16. The van der Waals surface area contributed by atoms with Gasteiger partial charge in [-0.2, -0.15) is 4.98 Å². The van der Waals surface area contributed by atoms with Gasteiger partial charge in [0.25, 0.3) is 0 Å². The summed E-state index contributed by atoms with van der Waals surface area (Å²) in [5.74, 6) is 1.43. The van der Waals surface area contributed by atoms with E-state index in [0.29, 0.717) is 25.0 Å². The van der Waals surface area contributed by atoms with E-state index >= 15 is 0 Å². The topological polar surface area (TPSA) is 84.8 Å². The lowest BCUT2D eigenvalue weighted by Gasteiger charge is -2.34. The Morgan fingerprint density at radius 2 is 1.91 bits per heavy atom.